The van der Waals surface area contributed by atoms with E-state index in [1.807, 2.05) is 26.0 Å². The highest BCUT2D eigenvalue weighted by Gasteiger charge is 2.11. The summed E-state index contributed by atoms with van der Waals surface area (Å²) < 4.78 is 23.3. The van der Waals surface area contributed by atoms with Crippen LogP contribution in [0.3, 0.4) is 0 Å². The fourth-order valence-electron chi connectivity index (χ4n) is 2.48. The highest BCUT2D eigenvalue weighted by Crippen LogP contribution is 2.25. The number of benzene rings is 2. The summed E-state index contributed by atoms with van der Waals surface area (Å²) in [5.74, 6) is 0.684. The molecule has 5 heteroatoms. The molecule has 0 atom stereocenters. The molecule has 108 valence electrons. The predicted octanol–water partition coefficient (Wildman–Crippen LogP) is 3.25. The van der Waals surface area contributed by atoms with Gasteiger partial charge in [0.15, 0.2) is 9.84 Å². The molecule has 0 radical (unpaired) electrons. The average molecular weight is 300 g/mol. The van der Waals surface area contributed by atoms with Crippen LogP contribution in [0.2, 0.25) is 0 Å². The van der Waals surface area contributed by atoms with Crippen LogP contribution in [-0.2, 0) is 9.84 Å². The molecule has 0 unspecified atom stereocenters. The van der Waals surface area contributed by atoms with Crippen LogP contribution in [-0.4, -0.2) is 24.6 Å². The fourth-order valence-corrected chi connectivity index (χ4v) is 3.15. The molecule has 0 saturated heterocycles. The van der Waals surface area contributed by atoms with E-state index >= 15 is 0 Å². The number of rotatable bonds is 2. The van der Waals surface area contributed by atoms with E-state index in [0.29, 0.717) is 10.7 Å². The maximum Gasteiger partial charge on any atom is 0.175 e. The van der Waals surface area contributed by atoms with E-state index in [9.17, 15) is 8.42 Å². The van der Waals surface area contributed by atoms with E-state index in [4.69, 9.17) is 0 Å². The molecule has 0 aliphatic heterocycles. The van der Waals surface area contributed by atoms with Crippen LogP contribution in [0.4, 0.5) is 0 Å². The monoisotopic (exact) mass is 300 g/mol. The molecule has 0 aliphatic carbocycles. The molecule has 3 rings (SSSR count). The minimum absolute atomic E-state index is 0.299. The van der Waals surface area contributed by atoms with E-state index in [1.54, 1.807) is 18.2 Å². The lowest BCUT2D eigenvalue weighted by molar-refractivity contribution is 0.602. The third-order valence-corrected chi connectivity index (χ3v) is 4.57. The van der Waals surface area contributed by atoms with Crippen LogP contribution in [0.25, 0.3) is 22.4 Å². The molecule has 0 amide bonds. The molecule has 21 heavy (non-hydrogen) atoms. The maximum atomic E-state index is 11.7. The van der Waals surface area contributed by atoms with Gasteiger partial charge in [-0.1, -0.05) is 18.2 Å². The van der Waals surface area contributed by atoms with Crippen molar-refractivity contribution in [1.29, 1.82) is 0 Å². The number of aromatic nitrogens is 2. The molecule has 0 bridgehead atoms. The molecule has 2 aromatic carbocycles. The number of hydrogen-bond donors (Lipinski definition) is 1. The van der Waals surface area contributed by atoms with Crippen LogP contribution in [0.5, 0.6) is 0 Å². The molecular weight excluding hydrogens is 284 g/mol. The molecule has 0 spiro atoms. The number of hydrogen-bond acceptors (Lipinski definition) is 3. The van der Waals surface area contributed by atoms with Gasteiger partial charge < -0.3 is 4.98 Å². The Morgan fingerprint density at radius 1 is 1.10 bits per heavy atom. The van der Waals surface area contributed by atoms with E-state index in [1.165, 1.54) is 11.8 Å². The molecule has 3 aromatic rings. The summed E-state index contributed by atoms with van der Waals surface area (Å²) in [7, 11) is -3.22. The highest BCUT2D eigenvalue weighted by atomic mass is 32.2. The van der Waals surface area contributed by atoms with Gasteiger partial charge in [0.05, 0.1) is 15.9 Å². The van der Waals surface area contributed by atoms with Gasteiger partial charge in [-0.25, -0.2) is 13.4 Å². The van der Waals surface area contributed by atoms with Gasteiger partial charge in [-0.05, 0) is 43.2 Å². The van der Waals surface area contributed by atoms with Gasteiger partial charge >= 0.3 is 0 Å². The Balaban J connectivity index is 2.19. The van der Waals surface area contributed by atoms with Gasteiger partial charge in [0.25, 0.3) is 0 Å². The van der Waals surface area contributed by atoms with E-state index < -0.39 is 9.84 Å². The van der Waals surface area contributed by atoms with Crippen molar-refractivity contribution in [1.82, 2.24) is 9.97 Å². The van der Waals surface area contributed by atoms with Crippen LogP contribution in [0, 0.1) is 13.8 Å². The lowest BCUT2D eigenvalue weighted by atomic mass is 10.1. The number of aromatic amines is 1. The first-order valence-corrected chi connectivity index (χ1v) is 8.51. The number of imidazole rings is 1. The quantitative estimate of drug-likeness (QED) is 0.790. The Kier molecular flexibility index (Phi) is 3.10. The first-order valence-electron chi connectivity index (χ1n) is 6.62. The van der Waals surface area contributed by atoms with Crippen LogP contribution < -0.4 is 0 Å². The van der Waals surface area contributed by atoms with E-state index in [2.05, 4.69) is 16.0 Å². The number of H-pyrrole nitrogens is 1. The van der Waals surface area contributed by atoms with Crippen molar-refractivity contribution >= 4 is 20.9 Å². The predicted molar refractivity (Wildman–Crippen MR) is 84.1 cm³/mol. The van der Waals surface area contributed by atoms with Crippen molar-refractivity contribution in [2.45, 2.75) is 18.7 Å². The number of nitrogens with zero attached hydrogens (tertiary/aromatic N) is 1. The minimum Gasteiger partial charge on any atom is -0.338 e. The Labute approximate surface area is 123 Å². The standard InChI is InChI=1S/C16H16N2O2S/c1-10-7-11(2)15-14(8-10)17-16(18-15)12-5-4-6-13(9-12)21(3,19)20/h4-9H,1-3H3,(H,17,18). The molecule has 1 N–H and O–H groups in total. The molecule has 0 aliphatic rings. The second-order valence-corrected chi connectivity index (χ2v) is 7.38. The Morgan fingerprint density at radius 2 is 1.86 bits per heavy atom. The van der Waals surface area contributed by atoms with Gasteiger partial charge in [-0.3, -0.25) is 0 Å². The zero-order chi connectivity index (χ0) is 15.2. The lowest BCUT2D eigenvalue weighted by Crippen LogP contribution is -1.97. The van der Waals surface area contributed by atoms with Gasteiger partial charge in [-0.15, -0.1) is 0 Å². The van der Waals surface area contributed by atoms with Gasteiger partial charge in [-0.2, -0.15) is 0 Å². The third kappa shape index (κ3) is 2.56. The molecule has 1 aromatic heterocycles. The van der Waals surface area contributed by atoms with Crippen LogP contribution >= 0.6 is 0 Å². The summed E-state index contributed by atoms with van der Waals surface area (Å²) in [6.07, 6.45) is 1.21. The molecular formula is C16H16N2O2S. The van der Waals surface area contributed by atoms with Gasteiger partial charge in [0.2, 0.25) is 0 Å². The number of fused-ring (bicyclic) bond motifs is 1. The Bertz CT molecular complexity index is 940. The summed E-state index contributed by atoms with van der Waals surface area (Å²) in [6.45, 7) is 4.06. The van der Waals surface area contributed by atoms with Crippen molar-refractivity contribution in [3.8, 4) is 11.4 Å². The summed E-state index contributed by atoms with van der Waals surface area (Å²) in [5, 5.41) is 0. The second kappa shape index (κ2) is 4.70. The zero-order valence-electron chi connectivity index (χ0n) is 12.1. The third-order valence-electron chi connectivity index (χ3n) is 3.46. The molecule has 0 saturated carbocycles. The van der Waals surface area contributed by atoms with Crippen LogP contribution in [0.15, 0.2) is 41.3 Å². The van der Waals surface area contributed by atoms with Crippen molar-refractivity contribution in [2.24, 2.45) is 0 Å². The van der Waals surface area contributed by atoms with Crippen molar-refractivity contribution in [3.63, 3.8) is 0 Å². The summed E-state index contributed by atoms with van der Waals surface area (Å²) >= 11 is 0. The normalized spacial score (nSPS) is 12.0. The van der Waals surface area contributed by atoms with E-state index in [-0.39, 0.29) is 0 Å². The van der Waals surface area contributed by atoms with Crippen molar-refractivity contribution in [3.05, 3.63) is 47.5 Å². The average Bonchev–Trinajstić information content (AvgIpc) is 2.82. The largest absolute Gasteiger partial charge is 0.338 e. The second-order valence-electron chi connectivity index (χ2n) is 5.36. The SMILES string of the molecule is Cc1cc(C)c2nc(-c3cccc(S(C)(=O)=O)c3)[nH]c2c1. The number of aryl methyl sites for hydroxylation is 2. The van der Waals surface area contributed by atoms with Gasteiger partial charge in [0.1, 0.15) is 5.82 Å². The Morgan fingerprint density at radius 3 is 2.57 bits per heavy atom. The fraction of sp³-hybridized carbons (Fsp3) is 0.188. The van der Waals surface area contributed by atoms with Crippen molar-refractivity contribution in [2.75, 3.05) is 6.26 Å². The van der Waals surface area contributed by atoms with Gasteiger partial charge in [0, 0.05) is 11.8 Å². The van der Waals surface area contributed by atoms with Crippen LogP contribution in [0.1, 0.15) is 11.1 Å². The molecule has 1 heterocycles. The first-order chi connectivity index (χ1) is 9.84. The first kappa shape index (κ1) is 13.8. The maximum absolute atomic E-state index is 11.7. The number of sulfone groups is 1. The minimum atomic E-state index is -3.22. The van der Waals surface area contributed by atoms with Crippen molar-refractivity contribution < 1.29 is 8.42 Å². The summed E-state index contributed by atoms with van der Waals surface area (Å²) in [4.78, 5) is 8.16. The summed E-state index contributed by atoms with van der Waals surface area (Å²) in [5.41, 5.74) is 4.92. The summed E-state index contributed by atoms with van der Waals surface area (Å²) in [6, 6.07) is 11.0. The highest BCUT2D eigenvalue weighted by molar-refractivity contribution is 7.90. The van der Waals surface area contributed by atoms with E-state index in [0.717, 1.165) is 22.2 Å². The smallest absolute Gasteiger partial charge is 0.175 e. The molecule has 0 fully saturated rings. The molecule has 4 nitrogen and oxygen atoms in total. The lowest BCUT2D eigenvalue weighted by Gasteiger charge is -2.00. The topological polar surface area (TPSA) is 62.8 Å². The Hall–Kier alpha value is -2.14. The zero-order valence-corrected chi connectivity index (χ0v) is 13.0. The number of nitrogens with one attached hydrogen (secondary N) is 1.